The van der Waals surface area contributed by atoms with Gasteiger partial charge in [0.05, 0.1) is 12.2 Å². The van der Waals surface area contributed by atoms with Gasteiger partial charge >= 0.3 is 0 Å². The van der Waals surface area contributed by atoms with Gasteiger partial charge in [-0.05, 0) is 72.9 Å². The van der Waals surface area contributed by atoms with Crippen LogP contribution in [0, 0.1) is 0 Å². The van der Waals surface area contributed by atoms with E-state index in [-0.39, 0.29) is 17.4 Å². The van der Waals surface area contributed by atoms with Crippen molar-refractivity contribution in [3.63, 3.8) is 0 Å². The van der Waals surface area contributed by atoms with E-state index in [9.17, 15) is 9.59 Å². The second kappa shape index (κ2) is 8.07. The molecule has 150 valence electrons. The molecule has 28 heavy (non-hydrogen) atoms. The van der Waals surface area contributed by atoms with Crippen LogP contribution in [-0.4, -0.2) is 39.5 Å². The van der Waals surface area contributed by atoms with E-state index in [0.29, 0.717) is 25.8 Å². The molecule has 6 nitrogen and oxygen atoms in total. The summed E-state index contributed by atoms with van der Waals surface area (Å²) in [5.41, 5.74) is 4.50. The van der Waals surface area contributed by atoms with Crippen molar-refractivity contribution >= 4 is 23.2 Å². The molecule has 1 saturated heterocycles. The van der Waals surface area contributed by atoms with Crippen molar-refractivity contribution < 1.29 is 9.59 Å². The van der Waals surface area contributed by atoms with Crippen LogP contribution in [0.3, 0.4) is 0 Å². The molecule has 0 saturated carbocycles. The number of nitrogens with zero attached hydrogens (tertiary/aromatic N) is 2. The minimum atomic E-state index is -0.292. The molecule has 1 fully saturated rings. The molecule has 1 atom stereocenters. The lowest BCUT2D eigenvalue weighted by Gasteiger charge is -2.29. The zero-order chi connectivity index (χ0) is 19.6. The molecule has 1 unspecified atom stereocenters. The predicted octanol–water partition coefficient (Wildman–Crippen LogP) is 2.98. The van der Waals surface area contributed by atoms with Crippen molar-refractivity contribution in [3.8, 4) is 0 Å². The van der Waals surface area contributed by atoms with Gasteiger partial charge in [-0.3, -0.25) is 14.7 Å². The largest absolute Gasteiger partial charge is 0.350 e. The van der Waals surface area contributed by atoms with Crippen LogP contribution in [0.25, 0.3) is 0 Å². The number of fused-ring (bicyclic) bond motifs is 1. The Balaban J connectivity index is 1.36. The number of carbonyl (C=O) groups is 2. The SMILES string of the molecule is CN(Cc1n[nH]c2c1CCCC2)C(=O)CCC1(Cc2ccsc2)CCC(=O)N1. The van der Waals surface area contributed by atoms with Crippen LogP contribution in [0.2, 0.25) is 0 Å². The quantitative estimate of drug-likeness (QED) is 0.750. The van der Waals surface area contributed by atoms with Crippen LogP contribution in [0.4, 0.5) is 0 Å². The first-order chi connectivity index (χ1) is 13.5. The lowest BCUT2D eigenvalue weighted by Crippen LogP contribution is -2.44. The second-order valence-electron chi connectivity index (χ2n) is 8.22. The first-order valence-corrected chi connectivity index (χ1v) is 11.1. The maximum atomic E-state index is 12.8. The van der Waals surface area contributed by atoms with Gasteiger partial charge in [0.1, 0.15) is 0 Å². The molecule has 4 rings (SSSR count). The third-order valence-electron chi connectivity index (χ3n) is 6.13. The van der Waals surface area contributed by atoms with Gasteiger partial charge in [-0.15, -0.1) is 0 Å². The van der Waals surface area contributed by atoms with E-state index >= 15 is 0 Å². The monoisotopic (exact) mass is 400 g/mol. The molecule has 2 aromatic rings. The first kappa shape index (κ1) is 19.2. The Labute approximate surface area is 169 Å². The van der Waals surface area contributed by atoms with Crippen LogP contribution < -0.4 is 5.32 Å². The average molecular weight is 401 g/mol. The Bertz CT molecular complexity index is 845. The van der Waals surface area contributed by atoms with E-state index < -0.39 is 0 Å². The Morgan fingerprint density at radius 1 is 1.32 bits per heavy atom. The minimum Gasteiger partial charge on any atom is -0.350 e. The topological polar surface area (TPSA) is 78.1 Å². The minimum absolute atomic E-state index is 0.0965. The summed E-state index contributed by atoms with van der Waals surface area (Å²) in [4.78, 5) is 26.5. The summed E-state index contributed by atoms with van der Waals surface area (Å²) >= 11 is 1.67. The molecule has 0 aromatic carbocycles. The molecular formula is C21H28N4O2S. The number of H-pyrrole nitrogens is 1. The molecule has 1 aliphatic carbocycles. The van der Waals surface area contributed by atoms with E-state index in [1.807, 2.05) is 7.05 Å². The highest BCUT2D eigenvalue weighted by molar-refractivity contribution is 7.07. The lowest BCUT2D eigenvalue weighted by molar-refractivity contribution is -0.131. The second-order valence-corrected chi connectivity index (χ2v) is 9.00. The van der Waals surface area contributed by atoms with Crippen molar-refractivity contribution in [2.24, 2.45) is 0 Å². The highest BCUT2D eigenvalue weighted by atomic mass is 32.1. The zero-order valence-electron chi connectivity index (χ0n) is 16.4. The molecule has 3 heterocycles. The fourth-order valence-corrected chi connectivity index (χ4v) is 5.16. The van der Waals surface area contributed by atoms with Crippen LogP contribution in [0.1, 0.15) is 61.0 Å². The maximum Gasteiger partial charge on any atom is 0.222 e. The van der Waals surface area contributed by atoms with Gasteiger partial charge in [0.15, 0.2) is 0 Å². The van der Waals surface area contributed by atoms with E-state index in [1.54, 1.807) is 16.2 Å². The molecule has 2 amide bonds. The smallest absolute Gasteiger partial charge is 0.222 e. The molecule has 0 spiro atoms. The summed E-state index contributed by atoms with van der Waals surface area (Å²) in [6.07, 6.45) is 7.78. The summed E-state index contributed by atoms with van der Waals surface area (Å²) in [6, 6.07) is 2.10. The Hall–Kier alpha value is -2.15. The van der Waals surface area contributed by atoms with Crippen molar-refractivity contribution in [1.29, 1.82) is 0 Å². The fraction of sp³-hybridized carbons (Fsp3) is 0.571. The zero-order valence-corrected chi connectivity index (χ0v) is 17.2. The fourth-order valence-electron chi connectivity index (χ4n) is 4.50. The van der Waals surface area contributed by atoms with E-state index in [1.165, 1.54) is 29.7 Å². The number of hydrogen-bond donors (Lipinski definition) is 2. The highest BCUT2D eigenvalue weighted by Gasteiger charge is 2.38. The highest BCUT2D eigenvalue weighted by Crippen LogP contribution is 2.30. The molecule has 2 aliphatic rings. The number of aromatic amines is 1. The molecular weight excluding hydrogens is 372 g/mol. The van der Waals surface area contributed by atoms with Crippen LogP contribution in [-0.2, 0) is 35.4 Å². The number of aromatic nitrogens is 2. The number of carbonyl (C=O) groups excluding carboxylic acids is 2. The molecule has 1 aliphatic heterocycles. The molecule has 2 aromatic heterocycles. The molecule has 0 radical (unpaired) electrons. The van der Waals surface area contributed by atoms with Gasteiger partial charge in [0, 0.05) is 31.1 Å². The number of rotatable bonds is 7. The molecule has 7 heteroatoms. The van der Waals surface area contributed by atoms with Gasteiger partial charge < -0.3 is 10.2 Å². The first-order valence-electron chi connectivity index (χ1n) is 10.2. The Morgan fingerprint density at radius 3 is 2.93 bits per heavy atom. The van der Waals surface area contributed by atoms with Crippen molar-refractivity contribution in [2.75, 3.05) is 7.05 Å². The van der Waals surface area contributed by atoms with Crippen molar-refractivity contribution in [3.05, 3.63) is 39.3 Å². The van der Waals surface area contributed by atoms with Gasteiger partial charge in [0.2, 0.25) is 11.8 Å². The van der Waals surface area contributed by atoms with Crippen molar-refractivity contribution in [1.82, 2.24) is 20.4 Å². The number of aryl methyl sites for hydroxylation is 1. The standard InChI is InChI=1S/C21H28N4O2S/c1-25(13-18-16-4-2-3-5-17(16)23-24-18)20(27)7-10-21(9-6-19(26)22-21)12-15-8-11-28-14-15/h8,11,14H,2-7,9-10,12-13H2,1H3,(H,22,26)(H,23,24). The maximum absolute atomic E-state index is 12.8. The van der Waals surface area contributed by atoms with Gasteiger partial charge in [-0.25, -0.2) is 0 Å². The Kier molecular flexibility index (Phi) is 5.53. The average Bonchev–Trinajstić information content (AvgIpc) is 3.42. The number of nitrogens with one attached hydrogen (secondary N) is 2. The third kappa shape index (κ3) is 4.14. The summed E-state index contributed by atoms with van der Waals surface area (Å²) in [7, 11) is 1.85. The van der Waals surface area contributed by atoms with Gasteiger partial charge in [-0.2, -0.15) is 16.4 Å². The normalized spacial score (nSPS) is 21.4. The number of amides is 2. The van der Waals surface area contributed by atoms with Gasteiger partial charge in [0.25, 0.3) is 0 Å². The predicted molar refractivity (Wildman–Crippen MR) is 109 cm³/mol. The third-order valence-corrected chi connectivity index (χ3v) is 6.86. The van der Waals surface area contributed by atoms with Gasteiger partial charge in [-0.1, -0.05) is 0 Å². The Morgan fingerprint density at radius 2 is 2.18 bits per heavy atom. The summed E-state index contributed by atoms with van der Waals surface area (Å²) in [5, 5.41) is 15.0. The van der Waals surface area contributed by atoms with E-state index in [4.69, 9.17) is 0 Å². The number of thiophene rings is 1. The summed E-state index contributed by atoms with van der Waals surface area (Å²) < 4.78 is 0. The van der Waals surface area contributed by atoms with Crippen LogP contribution in [0.5, 0.6) is 0 Å². The van der Waals surface area contributed by atoms with E-state index in [2.05, 4.69) is 32.3 Å². The molecule has 2 N–H and O–H groups in total. The van der Waals surface area contributed by atoms with Crippen molar-refractivity contribution in [2.45, 2.75) is 69.9 Å². The summed E-state index contributed by atoms with van der Waals surface area (Å²) in [5.74, 6) is 0.206. The van der Waals surface area contributed by atoms with Crippen LogP contribution in [0.15, 0.2) is 16.8 Å². The molecule has 0 bridgehead atoms. The number of hydrogen-bond acceptors (Lipinski definition) is 4. The van der Waals surface area contributed by atoms with E-state index in [0.717, 1.165) is 31.4 Å². The van der Waals surface area contributed by atoms with Crippen LogP contribution >= 0.6 is 11.3 Å². The summed E-state index contributed by atoms with van der Waals surface area (Å²) in [6.45, 7) is 0.550. The lowest BCUT2D eigenvalue weighted by atomic mass is 9.85.